The quantitative estimate of drug-likeness (QED) is 0.782. The molecule has 2 unspecified atom stereocenters. The van der Waals surface area contributed by atoms with Crippen LogP contribution in [0.3, 0.4) is 0 Å². The van der Waals surface area contributed by atoms with Crippen molar-refractivity contribution in [1.82, 2.24) is 4.90 Å². The normalized spacial score (nSPS) is 22.4. The molecule has 1 fully saturated rings. The topological polar surface area (TPSA) is 20.3 Å². The van der Waals surface area contributed by atoms with Gasteiger partial charge in [0.05, 0.1) is 5.75 Å². The van der Waals surface area contributed by atoms with Crippen molar-refractivity contribution in [3.8, 4) is 0 Å². The van der Waals surface area contributed by atoms with Crippen LogP contribution in [-0.2, 0) is 10.5 Å². The van der Waals surface area contributed by atoms with Crippen molar-refractivity contribution in [2.45, 2.75) is 26.0 Å². The third-order valence-corrected chi connectivity index (χ3v) is 5.18. The Balaban J connectivity index is 1.81. The Kier molecular flexibility index (Phi) is 6.11. The second-order valence-electron chi connectivity index (χ2n) is 5.97. The lowest BCUT2D eigenvalue weighted by Crippen LogP contribution is -2.43. The molecule has 1 heterocycles. The lowest BCUT2D eigenvalue weighted by atomic mass is 9.92. The van der Waals surface area contributed by atoms with Crippen molar-refractivity contribution in [1.29, 1.82) is 0 Å². The summed E-state index contributed by atoms with van der Waals surface area (Å²) < 4.78 is 14.4. The summed E-state index contributed by atoms with van der Waals surface area (Å²) in [5.74, 6) is 2.07. The summed E-state index contributed by atoms with van der Waals surface area (Å²) in [6.07, 6.45) is 1.20. The number of halogens is 2. The largest absolute Gasteiger partial charge is 0.341 e. The van der Waals surface area contributed by atoms with Gasteiger partial charge in [0.25, 0.3) is 0 Å². The number of hydrogen-bond acceptors (Lipinski definition) is 2. The summed E-state index contributed by atoms with van der Waals surface area (Å²) in [4.78, 5) is 14.2. The predicted octanol–water partition coefficient (Wildman–Crippen LogP) is 4.33. The van der Waals surface area contributed by atoms with Gasteiger partial charge in [-0.3, -0.25) is 4.79 Å². The molecule has 0 spiro atoms. The van der Waals surface area contributed by atoms with Gasteiger partial charge in [0.2, 0.25) is 5.91 Å². The van der Waals surface area contributed by atoms with E-state index in [0.717, 1.165) is 17.6 Å². The molecule has 1 aromatic rings. The highest BCUT2D eigenvalue weighted by atomic mass is 79.9. The van der Waals surface area contributed by atoms with E-state index < -0.39 is 0 Å². The van der Waals surface area contributed by atoms with Crippen LogP contribution in [0.25, 0.3) is 0 Å². The van der Waals surface area contributed by atoms with Gasteiger partial charge in [-0.15, -0.1) is 11.8 Å². The standard InChI is InChI=1S/C16H21BrFNOS/c1-11-5-12(2)8-19(7-11)16(20)10-21-9-13-3-4-14(17)6-15(13)18/h3-4,6,11-12H,5,7-10H2,1-2H3. The Bertz CT molecular complexity index is 501. The van der Waals surface area contributed by atoms with Gasteiger partial charge in [0.1, 0.15) is 5.82 Å². The Morgan fingerprint density at radius 1 is 1.38 bits per heavy atom. The Morgan fingerprint density at radius 2 is 2.05 bits per heavy atom. The van der Waals surface area contributed by atoms with Crippen molar-refractivity contribution in [2.24, 2.45) is 11.8 Å². The van der Waals surface area contributed by atoms with Crippen molar-refractivity contribution >= 4 is 33.6 Å². The van der Waals surface area contributed by atoms with E-state index in [-0.39, 0.29) is 11.7 Å². The molecule has 1 aliphatic heterocycles. The number of piperidine rings is 1. The van der Waals surface area contributed by atoms with E-state index in [4.69, 9.17) is 0 Å². The average molecular weight is 374 g/mol. The molecule has 0 bridgehead atoms. The average Bonchev–Trinajstić information content (AvgIpc) is 2.40. The number of amides is 1. The first kappa shape index (κ1) is 16.8. The van der Waals surface area contributed by atoms with Crippen LogP contribution < -0.4 is 0 Å². The summed E-state index contributed by atoms with van der Waals surface area (Å²) in [6.45, 7) is 6.10. The smallest absolute Gasteiger partial charge is 0.232 e. The number of rotatable bonds is 4. The molecule has 1 aliphatic rings. The highest BCUT2D eigenvalue weighted by Crippen LogP contribution is 2.23. The zero-order valence-electron chi connectivity index (χ0n) is 12.4. The third-order valence-electron chi connectivity index (χ3n) is 3.72. The van der Waals surface area contributed by atoms with E-state index in [1.165, 1.54) is 24.2 Å². The molecule has 2 rings (SSSR count). The van der Waals surface area contributed by atoms with Gasteiger partial charge in [0.15, 0.2) is 0 Å². The monoisotopic (exact) mass is 373 g/mol. The summed E-state index contributed by atoms with van der Waals surface area (Å²) >= 11 is 4.73. The summed E-state index contributed by atoms with van der Waals surface area (Å²) in [7, 11) is 0. The van der Waals surface area contributed by atoms with E-state index in [9.17, 15) is 9.18 Å². The molecule has 21 heavy (non-hydrogen) atoms. The highest BCUT2D eigenvalue weighted by molar-refractivity contribution is 9.10. The van der Waals surface area contributed by atoms with Crippen molar-refractivity contribution in [2.75, 3.05) is 18.8 Å². The molecule has 1 aromatic carbocycles. The van der Waals surface area contributed by atoms with Crippen molar-refractivity contribution in [3.63, 3.8) is 0 Å². The molecule has 116 valence electrons. The molecule has 0 aliphatic carbocycles. The fourth-order valence-electron chi connectivity index (χ4n) is 2.84. The Labute approximate surface area is 138 Å². The molecule has 0 saturated carbocycles. The first-order chi connectivity index (χ1) is 9.95. The molecule has 1 amide bonds. The van der Waals surface area contributed by atoms with Gasteiger partial charge in [-0.1, -0.05) is 35.8 Å². The number of benzene rings is 1. The molecular formula is C16H21BrFNOS. The fourth-order valence-corrected chi connectivity index (χ4v) is 4.09. The number of carbonyl (C=O) groups excluding carboxylic acids is 1. The summed E-state index contributed by atoms with van der Waals surface area (Å²) in [6, 6.07) is 5.06. The van der Waals surface area contributed by atoms with E-state index >= 15 is 0 Å². The van der Waals surface area contributed by atoms with Crippen molar-refractivity contribution < 1.29 is 9.18 Å². The number of hydrogen-bond donors (Lipinski definition) is 0. The van der Waals surface area contributed by atoms with Gasteiger partial charge in [-0.25, -0.2) is 4.39 Å². The fraction of sp³-hybridized carbons (Fsp3) is 0.562. The molecule has 0 aromatic heterocycles. The van der Waals surface area contributed by atoms with Gasteiger partial charge in [0, 0.05) is 23.3 Å². The van der Waals surface area contributed by atoms with Crippen LogP contribution in [0.15, 0.2) is 22.7 Å². The van der Waals surface area contributed by atoms with Crippen molar-refractivity contribution in [3.05, 3.63) is 34.1 Å². The molecule has 5 heteroatoms. The lowest BCUT2D eigenvalue weighted by Gasteiger charge is -2.35. The number of carbonyl (C=O) groups is 1. The zero-order chi connectivity index (χ0) is 15.4. The maximum absolute atomic E-state index is 13.7. The van der Waals surface area contributed by atoms with Crippen LogP contribution in [0.1, 0.15) is 25.8 Å². The summed E-state index contributed by atoms with van der Waals surface area (Å²) in [5, 5.41) is 0. The SMILES string of the molecule is CC1CC(C)CN(C(=O)CSCc2ccc(Br)cc2F)C1. The van der Waals surface area contributed by atoms with Gasteiger partial charge < -0.3 is 4.90 Å². The highest BCUT2D eigenvalue weighted by Gasteiger charge is 2.25. The third kappa shape index (κ3) is 4.99. The van der Waals surface area contributed by atoms with Gasteiger partial charge in [-0.05, 0) is 36.0 Å². The Morgan fingerprint density at radius 3 is 2.67 bits per heavy atom. The van der Waals surface area contributed by atoms with Crippen LogP contribution >= 0.6 is 27.7 Å². The van der Waals surface area contributed by atoms with Crippen LogP contribution in [0, 0.1) is 17.7 Å². The molecular weight excluding hydrogens is 353 g/mol. The maximum atomic E-state index is 13.7. The molecule has 2 atom stereocenters. The predicted molar refractivity (Wildman–Crippen MR) is 89.8 cm³/mol. The zero-order valence-corrected chi connectivity index (χ0v) is 14.8. The number of nitrogens with zero attached hydrogens (tertiary/aromatic N) is 1. The molecule has 1 saturated heterocycles. The van der Waals surface area contributed by atoms with Gasteiger partial charge in [-0.2, -0.15) is 0 Å². The number of thioether (sulfide) groups is 1. The van der Waals surface area contributed by atoms with Crippen LogP contribution in [0.5, 0.6) is 0 Å². The first-order valence-electron chi connectivity index (χ1n) is 7.25. The Hall–Kier alpha value is -0.550. The minimum absolute atomic E-state index is 0.177. The minimum atomic E-state index is -0.218. The van der Waals surface area contributed by atoms with Gasteiger partial charge >= 0.3 is 0 Å². The maximum Gasteiger partial charge on any atom is 0.232 e. The molecule has 2 nitrogen and oxygen atoms in total. The second-order valence-corrected chi connectivity index (χ2v) is 7.87. The van der Waals surface area contributed by atoms with E-state index in [1.54, 1.807) is 6.07 Å². The van der Waals surface area contributed by atoms with Crippen LogP contribution in [0.4, 0.5) is 4.39 Å². The summed E-state index contributed by atoms with van der Waals surface area (Å²) in [5.41, 5.74) is 0.649. The first-order valence-corrected chi connectivity index (χ1v) is 9.20. The van der Waals surface area contributed by atoms with E-state index in [2.05, 4.69) is 29.8 Å². The van der Waals surface area contributed by atoms with Crippen LogP contribution in [-0.4, -0.2) is 29.6 Å². The molecule has 0 radical (unpaired) electrons. The lowest BCUT2D eigenvalue weighted by molar-refractivity contribution is -0.130. The molecule has 0 N–H and O–H groups in total. The van der Waals surface area contributed by atoms with E-state index in [1.807, 2.05) is 11.0 Å². The van der Waals surface area contributed by atoms with Crippen LogP contribution in [0.2, 0.25) is 0 Å². The number of likely N-dealkylation sites (tertiary alicyclic amines) is 1. The minimum Gasteiger partial charge on any atom is -0.341 e. The van der Waals surface area contributed by atoms with E-state index in [0.29, 0.717) is 28.9 Å². The second kappa shape index (κ2) is 7.63.